The van der Waals surface area contributed by atoms with Crippen molar-refractivity contribution in [3.63, 3.8) is 0 Å². The van der Waals surface area contributed by atoms with E-state index in [4.69, 9.17) is 14.7 Å². The third-order valence-electron chi connectivity index (χ3n) is 2.50. The Morgan fingerprint density at radius 2 is 1.89 bits per heavy atom. The molecular formula is C15H23NO3. The highest BCUT2D eigenvalue weighted by molar-refractivity contribution is 5.83. The summed E-state index contributed by atoms with van der Waals surface area (Å²) in [5.41, 5.74) is 1.79. The predicted molar refractivity (Wildman–Crippen MR) is 76.2 cm³/mol. The lowest BCUT2D eigenvalue weighted by molar-refractivity contribution is 0.0819. The van der Waals surface area contributed by atoms with Crippen LogP contribution in [0.3, 0.4) is 0 Å². The molecule has 0 aliphatic rings. The van der Waals surface area contributed by atoms with Gasteiger partial charge in [0.05, 0.1) is 12.3 Å². The van der Waals surface area contributed by atoms with Gasteiger partial charge in [-0.25, -0.2) is 0 Å². The Morgan fingerprint density at radius 1 is 1.21 bits per heavy atom. The van der Waals surface area contributed by atoms with Crippen LogP contribution in [0.15, 0.2) is 29.4 Å². The van der Waals surface area contributed by atoms with E-state index in [1.54, 1.807) is 6.92 Å². The van der Waals surface area contributed by atoms with Crippen LogP contribution in [0.2, 0.25) is 0 Å². The quantitative estimate of drug-likeness (QED) is 0.340. The fourth-order valence-corrected chi connectivity index (χ4v) is 1.57. The predicted octanol–water partition coefficient (Wildman–Crippen LogP) is 3.13. The van der Waals surface area contributed by atoms with Crippen LogP contribution < -0.4 is 4.74 Å². The molecule has 0 aliphatic heterocycles. The smallest absolute Gasteiger partial charge is 0.119 e. The van der Waals surface area contributed by atoms with Gasteiger partial charge in [-0.2, -0.15) is 0 Å². The highest BCUT2D eigenvalue weighted by Gasteiger charge is 1.99. The van der Waals surface area contributed by atoms with Crippen LogP contribution in [0.4, 0.5) is 0 Å². The van der Waals surface area contributed by atoms with E-state index >= 15 is 0 Å². The fraction of sp³-hybridized carbons (Fsp3) is 0.533. The molecule has 1 aromatic rings. The first-order chi connectivity index (χ1) is 9.11. The van der Waals surface area contributed by atoms with Gasteiger partial charge in [-0.1, -0.05) is 31.1 Å². The molecule has 0 saturated carbocycles. The summed E-state index contributed by atoms with van der Waals surface area (Å²) in [5, 5.41) is 11.8. The van der Waals surface area contributed by atoms with Crippen LogP contribution in [-0.2, 0) is 11.2 Å². The van der Waals surface area contributed by atoms with Crippen molar-refractivity contribution < 1.29 is 14.7 Å². The summed E-state index contributed by atoms with van der Waals surface area (Å²) in [6, 6.07) is 7.78. The van der Waals surface area contributed by atoms with Crippen LogP contribution in [-0.4, -0.2) is 30.7 Å². The number of hydrogen-bond donors (Lipinski definition) is 1. The largest absolute Gasteiger partial charge is 0.491 e. The van der Waals surface area contributed by atoms with Gasteiger partial charge in [0.1, 0.15) is 12.4 Å². The molecule has 0 atom stereocenters. The number of benzene rings is 1. The molecule has 106 valence electrons. The number of rotatable bonds is 8. The Labute approximate surface area is 115 Å². The second kappa shape index (κ2) is 8.53. The zero-order valence-corrected chi connectivity index (χ0v) is 11.9. The molecule has 0 aromatic heterocycles. The summed E-state index contributed by atoms with van der Waals surface area (Å²) in [5.74, 6) is 1.38. The van der Waals surface area contributed by atoms with Crippen molar-refractivity contribution in [1.82, 2.24) is 0 Å². The SMILES string of the molecule is C/C(Cc1ccc(OCCOCC(C)C)cc1)=N\O. The lowest BCUT2D eigenvalue weighted by Crippen LogP contribution is -2.10. The molecule has 19 heavy (non-hydrogen) atoms. The minimum atomic E-state index is 0.552. The normalized spacial score (nSPS) is 11.9. The highest BCUT2D eigenvalue weighted by atomic mass is 16.5. The Balaban J connectivity index is 2.28. The van der Waals surface area contributed by atoms with Crippen LogP contribution >= 0.6 is 0 Å². The van der Waals surface area contributed by atoms with E-state index in [0.29, 0.717) is 31.3 Å². The molecular weight excluding hydrogens is 242 g/mol. The van der Waals surface area contributed by atoms with E-state index in [1.807, 2.05) is 24.3 Å². The summed E-state index contributed by atoms with van der Waals surface area (Å²) in [6.45, 7) is 7.96. The topological polar surface area (TPSA) is 51.0 Å². The van der Waals surface area contributed by atoms with E-state index < -0.39 is 0 Å². The molecule has 0 saturated heterocycles. The first kappa shape index (κ1) is 15.5. The first-order valence-corrected chi connectivity index (χ1v) is 6.59. The van der Waals surface area contributed by atoms with E-state index in [2.05, 4.69) is 19.0 Å². The molecule has 0 bridgehead atoms. The molecule has 0 radical (unpaired) electrons. The number of oxime groups is 1. The average molecular weight is 265 g/mol. The van der Waals surface area contributed by atoms with Crippen LogP contribution in [0.1, 0.15) is 26.3 Å². The third kappa shape index (κ3) is 6.82. The molecule has 0 heterocycles. The highest BCUT2D eigenvalue weighted by Crippen LogP contribution is 2.12. The molecule has 0 unspecified atom stereocenters. The molecule has 1 aromatic carbocycles. The molecule has 4 heteroatoms. The minimum Gasteiger partial charge on any atom is -0.491 e. The maximum absolute atomic E-state index is 8.61. The molecule has 0 amide bonds. The summed E-state index contributed by atoms with van der Waals surface area (Å²) in [4.78, 5) is 0. The zero-order valence-electron chi connectivity index (χ0n) is 11.9. The van der Waals surface area contributed by atoms with Gasteiger partial charge < -0.3 is 14.7 Å². The van der Waals surface area contributed by atoms with Crippen molar-refractivity contribution in [1.29, 1.82) is 0 Å². The molecule has 0 fully saturated rings. The number of hydrogen-bond acceptors (Lipinski definition) is 4. The van der Waals surface area contributed by atoms with E-state index in [1.165, 1.54) is 0 Å². The maximum atomic E-state index is 8.61. The van der Waals surface area contributed by atoms with Crippen molar-refractivity contribution in [3.05, 3.63) is 29.8 Å². The Morgan fingerprint density at radius 3 is 2.47 bits per heavy atom. The summed E-state index contributed by atoms with van der Waals surface area (Å²) in [7, 11) is 0. The monoisotopic (exact) mass is 265 g/mol. The van der Waals surface area contributed by atoms with Gasteiger partial charge in [-0.15, -0.1) is 0 Å². The van der Waals surface area contributed by atoms with Gasteiger partial charge in [0, 0.05) is 13.0 Å². The summed E-state index contributed by atoms with van der Waals surface area (Å²) < 4.78 is 11.0. The lowest BCUT2D eigenvalue weighted by atomic mass is 10.1. The van der Waals surface area contributed by atoms with Crippen molar-refractivity contribution in [2.24, 2.45) is 11.1 Å². The second-order valence-corrected chi connectivity index (χ2v) is 4.97. The van der Waals surface area contributed by atoms with Crippen LogP contribution in [0, 0.1) is 5.92 Å². The van der Waals surface area contributed by atoms with E-state index in [9.17, 15) is 0 Å². The van der Waals surface area contributed by atoms with Crippen LogP contribution in [0.25, 0.3) is 0 Å². The van der Waals surface area contributed by atoms with Crippen molar-refractivity contribution in [3.8, 4) is 5.75 Å². The Bertz CT molecular complexity index is 385. The van der Waals surface area contributed by atoms with Gasteiger partial charge >= 0.3 is 0 Å². The van der Waals surface area contributed by atoms with Crippen molar-refractivity contribution in [2.75, 3.05) is 19.8 Å². The molecule has 0 aliphatic carbocycles. The maximum Gasteiger partial charge on any atom is 0.119 e. The zero-order chi connectivity index (χ0) is 14.1. The molecule has 1 rings (SSSR count). The second-order valence-electron chi connectivity index (χ2n) is 4.97. The summed E-state index contributed by atoms with van der Waals surface area (Å²) in [6.07, 6.45) is 0.647. The van der Waals surface area contributed by atoms with Crippen LogP contribution in [0.5, 0.6) is 5.75 Å². The fourth-order valence-electron chi connectivity index (χ4n) is 1.57. The molecule has 0 spiro atoms. The van der Waals surface area contributed by atoms with Gasteiger partial charge in [0.25, 0.3) is 0 Å². The van der Waals surface area contributed by atoms with E-state index in [0.717, 1.165) is 17.9 Å². The van der Waals surface area contributed by atoms with Crippen molar-refractivity contribution in [2.45, 2.75) is 27.2 Å². The summed E-state index contributed by atoms with van der Waals surface area (Å²) >= 11 is 0. The van der Waals surface area contributed by atoms with Gasteiger partial charge in [-0.05, 0) is 30.5 Å². The number of nitrogens with zero attached hydrogens (tertiary/aromatic N) is 1. The standard InChI is InChI=1S/C15H23NO3/c1-12(2)11-18-8-9-19-15-6-4-14(5-7-15)10-13(3)16-17/h4-7,12,17H,8-11H2,1-3H3/b16-13+. The molecule has 1 N–H and O–H groups in total. The Kier molecular flexibility index (Phi) is 6.97. The third-order valence-corrected chi connectivity index (χ3v) is 2.50. The average Bonchev–Trinajstić information content (AvgIpc) is 2.39. The lowest BCUT2D eigenvalue weighted by Gasteiger charge is -2.09. The number of ether oxygens (including phenoxy) is 2. The van der Waals surface area contributed by atoms with Gasteiger partial charge in [0.15, 0.2) is 0 Å². The minimum absolute atomic E-state index is 0.552. The van der Waals surface area contributed by atoms with Gasteiger partial charge in [-0.3, -0.25) is 0 Å². The van der Waals surface area contributed by atoms with Gasteiger partial charge in [0.2, 0.25) is 0 Å². The first-order valence-electron chi connectivity index (χ1n) is 6.59. The Hall–Kier alpha value is -1.55. The van der Waals surface area contributed by atoms with Crippen molar-refractivity contribution >= 4 is 5.71 Å². The van der Waals surface area contributed by atoms with E-state index in [-0.39, 0.29) is 0 Å². The molecule has 4 nitrogen and oxygen atoms in total.